The lowest BCUT2D eigenvalue weighted by Crippen LogP contribution is -2.47. The van der Waals surface area contributed by atoms with Gasteiger partial charge in [-0.2, -0.15) is 0 Å². The summed E-state index contributed by atoms with van der Waals surface area (Å²) in [7, 11) is 0. The van der Waals surface area contributed by atoms with Gasteiger partial charge >= 0.3 is 5.97 Å². The molecular weight excluding hydrogens is 332 g/mol. The molecule has 4 rings (SSSR count). The maximum absolute atomic E-state index is 12.6. The van der Waals surface area contributed by atoms with E-state index in [-0.39, 0.29) is 11.8 Å². The van der Waals surface area contributed by atoms with Crippen molar-refractivity contribution in [2.75, 3.05) is 39.4 Å². The van der Waals surface area contributed by atoms with E-state index in [4.69, 9.17) is 4.74 Å². The van der Waals surface area contributed by atoms with Crippen molar-refractivity contribution >= 4 is 11.9 Å². The second kappa shape index (κ2) is 7.00. The number of hydrogen-bond acceptors (Lipinski definition) is 4. The largest absolute Gasteiger partial charge is 0.481 e. The van der Waals surface area contributed by atoms with Gasteiger partial charge in [0, 0.05) is 50.3 Å². The van der Waals surface area contributed by atoms with Gasteiger partial charge in [-0.3, -0.25) is 14.5 Å². The van der Waals surface area contributed by atoms with Crippen molar-refractivity contribution < 1.29 is 19.4 Å². The van der Waals surface area contributed by atoms with Gasteiger partial charge < -0.3 is 14.7 Å². The highest BCUT2D eigenvalue weighted by Gasteiger charge is 2.54. The summed E-state index contributed by atoms with van der Waals surface area (Å²) in [6.07, 6.45) is 2.42. The molecule has 26 heavy (non-hydrogen) atoms. The molecule has 140 valence electrons. The molecule has 0 aromatic heterocycles. The van der Waals surface area contributed by atoms with Crippen LogP contribution in [0.3, 0.4) is 0 Å². The van der Waals surface area contributed by atoms with Gasteiger partial charge in [0.25, 0.3) is 5.91 Å². The van der Waals surface area contributed by atoms with Crippen LogP contribution in [-0.4, -0.2) is 72.2 Å². The topological polar surface area (TPSA) is 70.1 Å². The third-order valence-electron chi connectivity index (χ3n) is 6.45. The van der Waals surface area contributed by atoms with Crippen LogP contribution in [0.15, 0.2) is 30.3 Å². The zero-order valence-corrected chi connectivity index (χ0v) is 15.0. The highest BCUT2D eigenvalue weighted by Crippen LogP contribution is 2.44. The van der Waals surface area contributed by atoms with E-state index in [1.54, 1.807) is 0 Å². The van der Waals surface area contributed by atoms with Gasteiger partial charge in [0.05, 0.1) is 12.0 Å². The molecule has 3 saturated heterocycles. The van der Waals surface area contributed by atoms with Gasteiger partial charge in [-0.05, 0) is 31.4 Å². The summed E-state index contributed by atoms with van der Waals surface area (Å²) in [5.41, 5.74) is 0.0926. The molecule has 0 saturated carbocycles. The first-order chi connectivity index (χ1) is 12.6. The third kappa shape index (κ3) is 3.01. The summed E-state index contributed by atoms with van der Waals surface area (Å²) >= 11 is 0. The first-order valence-electron chi connectivity index (χ1n) is 9.50. The van der Waals surface area contributed by atoms with Gasteiger partial charge in [-0.25, -0.2) is 0 Å². The van der Waals surface area contributed by atoms with Crippen LogP contribution in [0.5, 0.6) is 0 Å². The predicted octanol–water partition coefficient (Wildman–Crippen LogP) is 1.71. The van der Waals surface area contributed by atoms with Crippen molar-refractivity contribution in [2.24, 2.45) is 11.3 Å². The van der Waals surface area contributed by atoms with E-state index < -0.39 is 11.4 Å². The quantitative estimate of drug-likeness (QED) is 0.891. The molecule has 1 aromatic rings. The summed E-state index contributed by atoms with van der Waals surface area (Å²) in [5.74, 6) is -0.503. The van der Waals surface area contributed by atoms with E-state index in [1.165, 1.54) is 0 Å². The van der Waals surface area contributed by atoms with E-state index in [0.717, 1.165) is 38.0 Å². The van der Waals surface area contributed by atoms with Crippen LogP contribution >= 0.6 is 0 Å². The van der Waals surface area contributed by atoms with Crippen LogP contribution in [0.25, 0.3) is 0 Å². The Hall–Kier alpha value is -1.92. The van der Waals surface area contributed by atoms with Gasteiger partial charge in [0.2, 0.25) is 0 Å². The molecular formula is C20H26N2O4. The van der Waals surface area contributed by atoms with Crippen LogP contribution in [0.4, 0.5) is 0 Å². The normalized spacial score (nSPS) is 30.2. The Morgan fingerprint density at radius 1 is 1.15 bits per heavy atom. The number of carboxylic acids is 1. The molecule has 1 amide bonds. The van der Waals surface area contributed by atoms with Gasteiger partial charge in [0.15, 0.2) is 0 Å². The Morgan fingerprint density at radius 2 is 1.88 bits per heavy atom. The molecule has 0 unspecified atom stereocenters. The number of hydrogen-bond donors (Lipinski definition) is 1. The molecule has 0 bridgehead atoms. The molecule has 3 heterocycles. The van der Waals surface area contributed by atoms with Crippen molar-refractivity contribution in [1.82, 2.24) is 9.80 Å². The summed E-state index contributed by atoms with van der Waals surface area (Å²) in [4.78, 5) is 28.8. The Morgan fingerprint density at radius 3 is 2.54 bits per heavy atom. The summed E-state index contributed by atoms with van der Waals surface area (Å²) in [5, 5.41) is 9.82. The number of ether oxygens (including phenoxy) is 1. The Kier molecular flexibility index (Phi) is 4.71. The number of piperidine rings is 1. The van der Waals surface area contributed by atoms with Crippen LogP contribution in [-0.2, 0) is 9.53 Å². The molecule has 3 aliphatic rings. The Bertz CT molecular complexity index is 672. The van der Waals surface area contributed by atoms with Gasteiger partial charge in [0.1, 0.15) is 0 Å². The Balaban J connectivity index is 1.38. The van der Waals surface area contributed by atoms with Crippen LogP contribution < -0.4 is 0 Å². The minimum absolute atomic E-state index is 0.0812. The fourth-order valence-corrected chi connectivity index (χ4v) is 4.81. The monoisotopic (exact) mass is 358 g/mol. The lowest BCUT2D eigenvalue weighted by molar-refractivity contribution is -0.157. The molecule has 0 spiro atoms. The van der Waals surface area contributed by atoms with Crippen molar-refractivity contribution in [1.29, 1.82) is 0 Å². The van der Waals surface area contributed by atoms with Crippen molar-refractivity contribution in [3.63, 3.8) is 0 Å². The van der Waals surface area contributed by atoms with Crippen molar-refractivity contribution in [3.8, 4) is 0 Å². The number of aliphatic carboxylic acids is 1. The SMILES string of the molecule is O=C(c1ccccc1)N1CCC(N2C[C@@H]3COCC[C@]3(C(=O)O)C2)CC1. The Labute approximate surface area is 153 Å². The highest BCUT2D eigenvalue weighted by molar-refractivity contribution is 5.94. The van der Waals surface area contributed by atoms with Crippen LogP contribution in [0, 0.1) is 11.3 Å². The molecule has 1 aromatic carbocycles. The number of fused-ring (bicyclic) bond motifs is 1. The fraction of sp³-hybridized carbons (Fsp3) is 0.600. The third-order valence-corrected chi connectivity index (χ3v) is 6.45. The number of carbonyl (C=O) groups excluding carboxylic acids is 1. The maximum atomic E-state index is 12.6. The van der Waals surface area contributed by atoms with Crippen LogP contribution in [0.2, 0.25) is 0 Å². The summed E-state index contributed by atoms with van der Waals surface area (Å²) < 4.78 is 5.55. The van der Waals surface area contributed by atoms with E-state index in [0.29, 0.717) is 32.2 Å². The average molecular weight is 358 g/mol. The number of carbonyl (C=O) groups is 2. The molecule has 3 fully saturated rings. The first-order valence-corrected chi connectivity index (χ1v) is 9.50. The minimum Gasteiger partial charge on any atom is -0.481 e. The van der Waals surface area contributed by atoms with Crippen LogP contribution in [0.1, 0.15) is 29.6 Å². The second-order valence-electron chi connectivity index (χ2n) is 7.80. The van der Waals surface area contributed by atoms with Gasteiger partial charge in [-0.1, -0.05) is 18.2 Å². The zero-order valence-electron chi connectivity index (χ0n) is 15.0. The van der Waals surface area contributed by atoms with Crippen molar-refractivity contribution in [2.45, 2.75) is 25.3 Å². The number of rotatable bonds is 3. The number of likely N-dealkylation sites (tertiary alicyclic amines) is 2. The highest BCUT2D eigenvalue weighted by atomic mass is 16.5. The second-order valence-corrected chi connectivity index (χ2v) is 7.80. The fourth-order valence-electron chi connectivity index (χ4n) is 4.81. The standard InChI is InChI=1S/C20H26N2O4/c23-18(15-4-2-1-3-5-15)21-9-6-17(7-10-21)22-12-16-13-26-11-8-20(16,14-22)19(24)25/h1-5,16-17H,6-14H2,(H,24,25)/t16-,20+/m1/s1. The molecule has 0 radical (unpaired) electrons. The van der Waals surface area contributed by atoms with E-state index in [1.807, 2.05) is 35.2 Å². The van der Waals surface area contributed by atoms with Gasteiger partial charge in [-0.15, -0.1) is 0 Å². The first kappa shape index (κ1) is 17.5. The average Bonchev–Trinajstić information content (AvgIpc) is 3.09. The number of nitrogens with zero attached hydrogens (tertiary/aromatic N) is 2. The molecule has 1 N–H and O–H groups in total. The lowest BCUT2D eigenvalue weighted by atomic mass is 9.74. The number of amides is 1. The minimum atomic E-state index is -0.676. The van der Waals surface area contributed by atoms with E-state index >= 15 is 0 Å². The van der Waals surface area contributed by atoms with Crippen molar-refractivity contribution in [3.05, 3.63) is 35.9 Å². The molecule has 3 aliphatic heterocycles. The zero-order chi connectivity index (χ0) is 18.1. The van der Waals surface area contributed by atoms with E-state index in [9.17, 15) is 14.7 Å². The predicted molar refractivity (Wildman–Crippen MR) is 95.9 cm³/mol. The summed E-state index contributed by atoms with van der Waals surface area (Å²) in [6, 6.07) is 9.76. The smallest absolute Gasteiger partial charge is 0.311 e. The number of benzene rings is 1. The molecule has 0 aliphatic carbocycles. The maximum Gasteiger partial charge on any atom is 0.311 e. The van der Waals surface area contributed by atoms with E-state index in [2.05, 4.69) is 4.90 Å². The molecule has 6 nitrogen and oxygen atoms in total. The molecule has 2 atom stereocenters. The molecule has 6 heteroatoms. The lowest BCUT2D eigenvalue weighted by Gasteiger charge is -2.37. The summed E-state index contributed by atoms with van der Waals surface area (Å²) in [6.45, 7) is 3.97. The number of carboxylic acid groups (broad SMARTS) is 1.